The largest absolute Gasteiger partial charge is 0.490 e. The molecule has 0 aliphatic heterocycles. The van der Waals surface area contributed by atoms with Gasteiger partial charge in [0, 0.05) is 0 Å². The molecular formula is C13H11NO4. The fraction of sp³-hybridized carbons (Fsp3) is 0.0769. The zero-order valence-corrected chi connectivity index (χ0v) is 9.70. The van der Waals surface area contributed by atoms with E-state index < -0.39 is 4.92 Å². The summed E-state index contributed by atoms with van der Waals surface area (Å²) in [6.07, 6.45) is 0. The van der Waals surface area contributed by atoms with Crippen molar-refractivity contribution in [3.63, 3.8) is 0 Å². The number of hydrogen-bond acceptors (Lipinski definition) is 4. The first-order valence-electron chi connectivity index (χ1n) is 5.26. The minimum atomic E-state index is -0.503. The molecule has 0 saturated heterocycles. The van der Waals surface area contributed by atoms with Crippen LogP contribution in [-0.4, -0.2) is 12.0 Å². The lowest BCUT2D eigenvalue weighted by Crippen LogP contribution is -1.94. The van der Waals surface area contributed by atoms with Gasteiger partial charge in [-0.25, -0.2) is 0 Å². The number of methoxy groups -OCH3 is 1. The average Bonchev–Trinajstić information content (AvgIpc) is 2.40. The van der Waals surface area contributed by atoms with Gasteiger partial charge in [0.15, 0.2) is 5.75 Å². The molecule has 0 bridgehead atoms. The van der Waals surface area contributed by atoms with Crippen LogP contribution in [0.15, 0.2) is 48.5 Å². The lowest BCUT2D eigenvalue weighted by Gasteiger charge is -2.07. The van der Waals surface area contributed by atoms with E-state index in [9.17, 15) is 10.1 Å². The SMILES string of the molecule is COc1ccc(Oc2ccccc2)cc1[N+](=O)[O-]. The van der Waals surface area contributed by atoms with Crippen molar-refractivity contribution in [1.82, 2.24) is 0 Å². The Morgan fingerprint density at radius 1 is 1.06 bits per heavy atom. The van der Waals surface area contributed by atoms with Crippen LogP contribution in [0.25, 0.3) is 0 Å². The highest BCUT2D eigenvalue weighted by atomic mass is 16.6. The summed E-state index contributed by atoms with van der Waals surface area (Å²) in [5, 5.41) is 10.9. The van der Waals surface area contributed by atoms with Gasteiger partial charge in [0.25, 0.3) is 0 Å². The van der Waals surface area contributed by atoms with Crippen molar-refractivity contribution in [2.24, 2.45) is 0 Å². The maximum Gasteiger partial charge on any atom is 0.314 e. The van der Waals surface area contributed by atoms with E-state index in [4.69, 9.17) is 9.47 Å². The van der Waals surface area contributed by atoms with Crippen LogP contribution in [0, 0.1) is 10.1 Å². The summed E-state index contributed by atoms with van der Waals surface area (Å²) in [6.45, 7) is 0. The lowest BCUT2D eigenvalue weighted by molar-refractivity contribution is -0.385. The van der Waals surface area contributed by atoms with Crippen LogP contribution in [0.1, 0.15) is 0 Å². The third-order valence-electron chi connectivity index (χ3n) is 2.33. The van der Waals surface area contributed by atoms with Crippen LogP contribution in [0.5, 0.6) is 17.2 Å². The predicted molar refractivity (Wildman–Crippen MR) is 66.2 cm³/mol. The molecular weight excluding hydrogens is 234 g/mol. The van der Waals surface area contributed by atoms with Crippen LogP contribution >= 0.6 is 0 Å². The molecule has 2 aromatic carbocycles. The van der Waals surface area contributed by atoms with E-state index in [2.05, 4.69) is 0 Å². The highest BCUT2D eigenvalue weighted by Gasteiger charge is 2.15. The van der Waals surface area contributed by atoms with Gasteiger partial charge >= 0.3 is 5.69 Å². The summed E-state index contributed by atoms with van der Waals surface area (Å²) in [5.41, 5.74) is -0.120. The third-order valence-corrected chi connectivity index (χ3v) is 2.33. The molecule has 0 N–H and O–H groups in total. The molecule has 0 heterocycles. The van der Waals surface area contributed by atoms with Crippen molar-refractivity contribution in [3.05, 3.63) is 58.6 Å². The van der Waals surface area contributed by atoms with Crippen molar-refractivity contribution in [3.8, 4) is 17.2 Å². The molecule has 18 heavy (non-hydrogen) atoms. The predicted octanol–water partition coefficient (Wildman–Crippen LogP) is 3.40. The molecule has 0 unspecified atom stereocenters. The van der Waals surface area contributed by atoms with E-state index in [-0.39, 0.29) is 11.4 Å². The second kappa shape index (κ2) is 5.18. The van der Waals surface area contributed by atoms with Crippen LogP contribution in [0.2, 0.25) is 0 Å². The number of nitrogens with zero attached hydrogens (tertiary/aromatic N) is 1. The van der Waals surface area contributed by atoms with E-state index in [0.29, 0.717) is 11.5 Å². The first kappa shape index (κ1) is 11.9. The number of nitro benzene ring substituents is 1. The Hall–Kier alpha value is -2.56. The number of ether oxygens (including phenoxy) is 2. The number of nitro groups is 1. The standard InChI is InChI=1S/C13H11NO4/c1-17-13-8-7-11(9-12(13)14(15)16)18-10-5-3-2-4-6-10/h2-9H,1H3. The van der Waals surface area contributed by atoms with E-state index in [0.717, 1.165) is 0 Å². The summed E-state index contributed by atoms with van der Waals surface area (Å²) >= 11 is 0. The number of hydrogen-bond donors (Lipinski definition) is 0. The molecule has 0 amide bonds. The number of benzene rings is 2. The minimum absolute atomic E-state index is 0.120. The molecule has 2 rings (SSSR count). The molecule has 0 aliphatic rings. The summed E-state index contributed by atoms with van der Waals surface area (Å²) in [5.74, 6) is 1.23. The zero-order valence-electron chi connectivity index (χ0n) is 9.70. The Morgan fingerprint density at radius 2 is 1.78 bits per heavy atom. The monoisotopic (exact) mass is 245 g/mol. The van der Waals surface area contributed by atoms with Crippen molar-refractivity contribution < 1.29 is 14.4 Å². The minimum Gasteiger partial charge on any atom is -0.490 e. The zero-order chi connectivity index (χ0) is 13.0. The highest BCUT2D eigenvalue weighted by molar-refractivity contribution is 5.51. The normalized spacial score (nSPS) is 9.83. The first-order valence-corrected chi connectivity index (χ1v) is 5.26. The summed E-state index contributed by atoms with van der Waals surface area (Å²) < 4.78 is 10.4. The Bertz CT molecular complexity index is 554. The fourth-order valence-corrected chi connectivity index (χ4v) is 1.50. The van der Waals surface area contributed by atoms with Crippen molar-refractivity contribution in [2.75, 3.05) is 7.11 Å². The van der Waals surface area contributed by atoms with Gasteiger partial charge in [-0.05, 0) is 24.3 Å². The van der Waals surface area contributed by atoms with Crippen LogP contribution < -0.4 is 9.47 Å². The van der Waals surface area contributed by atoms with Gasteiger partial charge in [-0.3, -0.25) is 10.1 Å². The van der Waals surface area contributed by atoms with Crippen molar-refractivity contribution >= 4 is 5.69 Å². The van der Waals surface area contributed by atoms with Crippen LogP contribution in [-0.2, 0) is 0 Å². The second-order valence-corrected chi connectivity index (χ2v) is 3.51. The van der Waals surface area contributed by atoms with Crippen molar-refractivity contribution in [2.45, 2.75) is 0 Å². The Morgan fingerprint density at radius 3 is 2.39 bits per heavy atom. The topological polar surface area (TPSA) is 61.6 Å². The molecule has 0 spiro atoms. The molecule has 0 aliphatic carbocycles. The number of para-hydroxylation sites is 1. The fourth-order valence-electron chi connectivity index (χ4n) is 1.50. The van der Waals surface area contributed by atoms with E-state index in [1.54, 1.807) is 18.2 Å². The van der Waals surface area contributed by atoms with Gasteiger partial charge < -0.3 is 9.47 Å². The number of rotatable bonds is 4. The summed E-state index contributed by atoms with van der Waals surface area (Å²) in [4.78, 5) is 10.4. The maximum absolute atomic E-state index is 10.9. The molecule has 5 nitrogen and oxygen atoms in total. The Kier molecular flexibility index (Phi) is 3.43. The molecule has 92 valence electrons. The molecule has 0 saturated carbocycles. The Balaban J connectivity index is 2.30. The molecule has 0 aromatic heterocycles. The second-order valence-electron chi connectivity index (χ2n) is 3.51. The molecule has 2 aromatic rings. The van der Waals surface area contributed by atoms with E-state index in [1.165, 1.54) is 19.2 Å². The van der Waals surface area contributed by atoms with E-state index >= 15 is 0 Å². The Labute approximate surface area is 104 Å². The third kappa shape index (κ3) is 2.57. The van der Waals surface area contributed by atoms with Gasteiger partial charge in [-0.15, -0.1) is 0 Å². The van der Waals surface area contributed by atoms with Crippen molar-refractivity contribution in [1.29, 1.82) is 0 Å². The van der Waals surface area contributed by atoms with Crippen LogP contribution in [0.3, 0.4) is 0 Å². The van der Waals surface area contributed by atoms with Gasteiger partial charge in [0.05, 0.1) is 18.1 Å². The highest BCUT2D eigenvalue weighted by Crippen LogP contribution is 2.32. The molecule has 5 heteroatoms. The quantitative estimate of drug-likeness (QED) is 0.611. The molecule has 0 atom stereocenters. The molecule has 0 radical (unpaired) electrons. The summed E-state index contributed by atoms with van der Waals surface area (Å²) in [6, 6.07) is 13.5. The van der Waals surface area contributed by atoms with Gasteiger partial charge in [0.2, 0.25) is 0 Å². The average molecular weight is 245 g/mol. The summed E-state index contributed by atoms with van der Waals surface area (Å²) in [7, 11) is 1.39. The van der Waals surface area contributed by atoms with E-state index in [1.807, 2.05) is 18.2 Å². The van der Waals surface area contributed by atoms with Gasteiger partial charge in [0.1, 0.15) is 11.5 Å². The van der Waals surface area contributed by atoms with Crippen LogP contribution in [0.4, 0.5) is 5.69 Å². The van der Waals surface area contributed by atoms with Gasteiger partial charge in [-0.1, -0.05) is 18.2 Å². The smallest absolute Gasteiger partial charge is 0.314 e. The van der Waals surface area contributed by atoms with Gasteiger partial charge in [-0.2, -0.15) is 0 Å². The molecule has 0 fully saturated rings. The lowest BCUT2D eigenvalue weighted by atomic mass is 10.2. The first-order chi connectivity index (χ1) is 8.70. The maximum atomic E-state index is 10.9.